The van der Waals surface area contributed by atoms with Gasteiger partial charge in [-0.15, -0.1) is 0 Å². The molecule has 2 bridgehead atoms. The van der Waals surface area contributed by atoms with E-state index in [2.05, 4.69) is 16.0 Å². The van der Waals surface area contributed by atoms with Crippen LogP contribution in [0.15, 0.2) is 24.4 Å². The minimum Gasteiger partial charge on any atom is -0.481 e. The summed E-state index contributed by atoms with van der Waals surface area (Å²) in [6, 6.07) is 3.65. The standard InChI is InChI=1S/C20H21ClN2O3/c1-26-16-3-2-15-17(23-16)13(14(21)12-22-15)4-5-19-6-9-20(10-7-19,11-8-19)18(24)25/h2-5,12H,6-11H2,1H3,(H,24,25). The molecule has 6 heteroatoms. The molecule has 5 nitrogen and oxygen atoms in total. The second kappa shape index (κ2) is 6.23. The average molecular weight is 373 g/mol. The highest BCUT2D eigenvalue weighted by Crippen LogP contribution is 2.57. The quantitative estimate of drug-likeness (QED) is 0.839. The molecule has 2 heterocycles. The van der Waals surface area contributed by atoms with Gasteiger partial charge in [0.25, 0.3) is 0 Å². The number of fused-ring (bicyclic) bond motifs is 4. The Morgan fingerprint density at radius 1 is 1.23 bits per heavy atom. The lowest BCUT2D eigenvalue weighted by molar-refractivity contribution is -0.157. The van der Waals surface area contributed by atoms with Crippen molar-refractivity contribution >= 4 is 34.7 Å². The Hall–Kier alpha value is -2.14. The molecule has 3 saturated carbocycles. The summed E-state index contributed by atoms with van der Waals surface area (Å²) in [7, 11) is 1.58. The summed E-state index contributed by atoms with van der Waals surface area (Å²) in [5.74, 6) is -0.106. The number of hydrogen-bond donors (Lipinski definition) is 1. The molecule has 0 amide bonds. The van der Waals surface area contributed by atoms with E-state index in [1.54, 1.807) is 19.4 Å². The fraction of sp³-hybridized carbons (Fsp3) is 0.450. The van der Waals surface area contributed by atoms with Crippen LogP contribution in [0, 0.1) is 10.8 Å². The second-order valence-electron chi connectivity index (χ2n) is 7.52. The molecule has 1 N–H and O–H groups in total. The smallest absolute Gasteiger partial charge is 0.309 e. The Morgan fingerprint density at radius 3 is 2.54 bits per heavy atom. The van der Waals surface area contributed by atoms with Crippen LogP contribution in [0.1, 0.15) is 44.1 Å². The maximum atomic E-state index is 11.6. The number of carboxylic acid groups (broad SMARTS) is 1. The van der Waals surface area contributed by atoms with Gasteiger partial charge in [-0.05, 0) is 50.0 Å². The van der Waals surface area contributed by atoms with E-state index in [0.717, 1.165) is 55.1 Å². The number of hydrogen-bond acceptors (Lipinski definition) is 4. The SMILES string of the molecule is COc1ccc2ncc(Cl)c(C=CC34CCC(C(=O)O)(CC3)CC4)c2n1. The van der Waals surface area contributed by atoms with Crippen molar-refractivity contribution < 1.29 is 14.6 Å². The van der Waals surface area contributed by atoms with Gasteiger partial charge in [-0.2, -0.15) is 0 Å². The molecule has 0 aliphatic heterocycles. The van der Waals surface area contributed by atoms with Crippen molar-refractivity contribution in [1.29, 1.82) is 0 Å². The van der Waals surface area contributed by atoms with Crippen LogP contribution in [0.5, 0.6) is 5.88 Å². The number of allylic oxidation sites excluding steroid dienone is 1. The molecule has 3 aliphatic carbocycles. The van der Waals surface area contributed by atoms with Crippen molar-refractivity contribution in [3.05, 3.63) is 35.0 Å². The van der Waals surface area contributed by atoms with Crippen LogP contribution >= 0.6 is 11.6 Å². The highest BCUT2D eigenvalue weighted by Gasteiger charge is 2.51. The van der Waals surface area contributed by atoms with Gasteiger partial charge in [0.2, 0.25) is 5.88 Å². The Bertz CT molecular complexity index is 885. The van der Waals surface area contributed by atoms with E-state index in [9.17, 15) is 9.90 Å². The molecule has 2 aromatic rings. The lowest BCUT2D eigenvalue weighted by Crippen LogP contribution is -2.45. The number of rotatable bonds is 4. The van der Waals surface area contributed by atoms with Crippen molar-refractivity contribution in [2.45, 2.75) is 38.5 Å². The van der Waals surface area contributed by atoms with Gasteiger partial charge in [0.15, 0.2) is 0 Å². The van der Waals surface area contributed by atoms with Crippen molar-refractivity contribution in [2.75, 3.05) is 7.11 Å². The summed E-state index contributed by atoms with van der Waals surface area (Å²) < 4.78 is 5.23. The number of ether oxygens (including phenoxy) is 1. The molecule has 0 atom stereocenters. The Labute approximate surface area is 157 Å². The predicted octanol–water partition coefficient (Wildman–Crippen LogP) is 4.73. The van der Waals surface area contributed by atoms with Crippen LogP contribution in [0.4, 0.5) is 0 Å². The summed E-state index contributed by atoms with van der Waals surface area (Å²) >= 11 is 6.41. The monoisotopic (exact) mass is 372 g/mol. The fourth-order valence-corrected chi connectivity index (χ4v) is 4.56. The number of methoxy groups -OCH3 is 1. The van der Waals surface area contributed by atoms with Gasteiger partial charge in [-0.25, -0.2) is 4.98 Å². The summed E-state index contributed by atoms with van der Waals surface area (Å²) in [5.41, 5.74) is 1.90. The number of carboxylic acids is 1. The third-order valence-electron chi connectivity index (χ3n) is 6.25. The highest BCUT2D eigenvalue weighted by atomic mass is 35.5. The van der Waals surface area contributed by atoms with E-state index in [1.807, 2.05) is 12.1 Å². The van der Waals surface area contributed by atoms with Gasteiger partial charge in [0, 0.05) is 17.8 Å². The fourth-order valence-electron chi connectivity index (χ4n) is 4.36. The van der Waals surface area contributed by atoms with Crippen molar-refractivity contribution in [3.63, 3.8) is 0 Å². The molecule has 0 aromatic carbocycles. The van der Waals surface area contributed by atoms with Crippen LogP contribution in [0.3, 0.4) is 0 Å². The average Bonchev–Trinajstić information content (AvgIpc) is 2.68. The third-order valence-corrected chi connectivity index (χ3v) is 6.55. The molecule has 26 heavy (non-hydrogen) atoms. The van der Waals surface area contributed by atoms with Crippen LogP contribution in [0.2, 0.25) is 5.02 Å². The minimum absolute atomic E-state index is 0.0645. The maximum absolute atomic E-state index is 11.6. The Morgan fingerprint density at radius 2 is 1.92 bits per heavy atom. The molecule has 0 spiro atoms. The lowest BCUT2D eigenvalue weighted by Gasteiger charge is -2.50. The van der Waals surface area contributed by atoms with Crippen LogP contribution in [0.25, 0.3) is 17.1 Å². The molecule has 2 aromatic heterocycles. The first-order chi connectivity index (χ1) is 12.5. The van der Waals surface area contributed by atoms with Crippen molar-refractivity contribution in [3.8, 4) is 5.88 Å². The molecule has 5 rings (SSSR count). The van der Waals surface area contributed by atoms with E-state index in [0.29, 0.717) is 10.9 Å². The first kappa shape index (κ1) is 17.3. The molecule has 0 saturated heterocycles. The van der Waals surface area contributed by atoms with E-state index in [-0.39, 0.29) is 5.41 Å². The van der Waals surface area contributed by atoms with E-state index in [1.165, 1.54) is 0 Å². The molecule has 136 valence electrons. The van der Waals surface area contributed by atoms with Crippen molar-refractivity contribution in [2.24, 2.45) is 10.8 Å². The Kier molecular flexibility index (Phi) is 4.14. The van der Waals surface area contributed by atoms with Crippen LogP contribution < -0.4 is 4.74 Å². The molecular formula is C20H21ClN2O3. The number of halogens is 1. The Balaban J connectivity index is 1.68. The molecule has 0 radical (unpaired) electrons. The van der Waals surface area contributed by atoms with Gasteiger partial charge in [-0.3, -0.25) is 9.78 Å². The lowest BCUT2D eigenvalue weighted by atomic mass is 9.53. The number of aromatic nitrogens is 2. The van der Waals surface area contributed by atoms with Crippen LogP contribution in [-0.4, -0.2) is 28.2 Å². The van der Waals surface area contributed by atoms with Gasteiger partial charge in [-0.1, -0.05) is 23.8 Å². The van der Waals surface area contributed by atoms with E-state index >= 15 is 0 Å². The zero-order valence-corrected chi connectivity index (χ0v) is 15.4. The van der Waals surface area contributed by atoms with E-state index in [4.69, 9.17) is 16.3 Å². The molecule has 3 aliphatic rings. The number of aliphatic carboxylic acids is 1. The summed E-state index contributed by atoms with van der Waals surface area (Å²) in [5, 5.41) is 10.1. The zero-order chi connectivity index (χ0) is 18.4. The maximum Gasteiger partial charge on any atom is 0.309 e. The number of pyridine rings is 2. The van der Waals surface area contributed by atoms with E-state index < -0.39 is 11.4 Å². The molecule has 3 fully saturated rings. The summed E-state index contributed by atoms with van der Waals surface area (Å²) in [6.45, 7) is 0. The third kappa shape index (κ3) is 2.75. The second-order valence-corrected chi connectivity index (χ2v) is 7.93. The predicted molar refractivity (Wildman–Crippen MR) is 100 cm³/mol. The normalized spacial score (nSPS) is 27.9. The zero-order valence-electron chi connectivity index (χ0n) is 14.7. The van der Waals surface area contributed by atoms with Crippen molar-refractivity contribution in [1.82, 2.24) is 9.97 Å². The van der Waals surface area contributed by atoms with Gasteiger partial charge < -0.3 is 9.84 Å². The summed E-state index contributed by atoms with van der Waals surface area (Å²) in [4.78, 5) is 20.5. The minimum atomic E-state index is -0.630. The number of carbonyl (C=O) groups is 1. The first-order valence-electron chi connectivity index (χ1n) is 8.89. The van der Waals surface area contributed by atoms with Gasteiger partial charge in [0.05, 0.1) is 23.1 Å². The summed E-state index contributed by atoms with van der Waals surface area (Å²) in [6.07, 6.45) is 10.9. The molecule has 0 unspecified atom stereocenters. The number of nitrogens with zero attached hydrogens (tertiary/aromatic N) is 2. The first-order valence-corrected chi connectivity index (χ1v) is 9.27. The molecular weight excluding hydrogens is 352 g/mol. The topological polar surface area (TPSA) is 72.3 Å². The largest absolute Gasteiger partial charge is 0.481 e. The van der Waals surface area contributed by atoms with Gasteiger partial charge >= 0.3 is 5.97 Å². The van der Waals surface area contributed by atoms with Crippen LogP contribution in [-0.2, 0) is 4.79 Å². The highest BCUT2D eigenvalue weighted by molar-refractivity contribution is 6.32. The van der Waals surface area contributed by atoms with Gasteiger partial charge in [0.1, 0.15) is 5.52 Å².